The molecule has 0 amide bonds. The van der Waals surface area contributed by atoms with Crippen molar-refractivity contribution >= 4 is 0 Å². The summed E-state index contributed by atoms with van der Waals surface area (Å²) in [6.45, 7) is 5.26. The van der Waals surface area contributed by atoms with Crippen molar-refractivity contribution in [1.29, 1.82) is 0 Å². The van der Waals surface area contributed by atoms with E-state index < -0.39 is 0 Å². The number of hydrogen-bond acceptors (Lipinski definition) is 1. The zero-order chi connectivity index (χ0) is 11.6. The second kappa shape index (κ2) is 8.42. The van der Waals surface area contributed by atoms with Gasteiger partial charge in [0.2, 0.25) is 0 Å². The average molecular weight is 219 g/mol. The Hall–Kier alpha value is -0.740. The Morgan fingerprint density at radius 2 is 2.31 bits per heavy atom. The van der Waals surface area contributed by atoms with Gasteiger partial charge in [-0.15, -0.1) is 11.8 Å². The van der Waals surface area contributed by atoms with Gasteiger partial charge in [0.15, 0.2) is 0 Å². The molecule has 0 bridgehead atoms. The highest BCUT2D eigenvalue weighted by Crippen LogP contribution is 2.22. The van der Waals surface area contributed by atoms with Crippen LogP contribution in [0.25, 0.3) is 0 Å². The van der Waals surface area contributed by atoms with Crippen molar-refractivity contribution in [2.75, 3.05) is 6.54 Å². The average Bonchev–Trinajstić information content (AvgIpc) is 2.34. The first kappa shape index (κ1) is 13.3. The smallest absolute Gasteiger partial charge is 0.0246 e. The third-order valence-electron chi connectivity index (χ3n) is 3.10. The molecule has 0 saturated carbocycles. The van der Waals surface area contributed by atoms with E-state index in [0.717, 1.165) is 13.0 Å². The Kier molecular flexibility index (Phi) is 7.01. The van der Waals surface area contributed by atoms with Crippen LogP contribution >= 0.6 is 0 Å². The fourth-order valence-electron chi connectivity index (χ4n) is 2.20. The van der Waals surface area contributed by atoms with Gasteiger partial charge in [-0.05, 0) is 52.0 Å². The van der Waals surface area contributed by atoms with Crippen LogP contribution in [0.3, 0.4) is 0 Å². The van der Waals surface area contributed by atoms with E-state index in [9.17, 15) is 0 Å². The van der Waals surface area contributed by atoms with Crippen molar-refractivity contribution in [1.82, 2.24) is 5.32 Å². The van der Waals surface area contributed by atoms with Gasteiger partial charge in [0.25, 0.3) is 0 Å². The summed E-state index contributed by atoms with van der Waals surface area (Å²) in [7, 11) is 0. The van der Waals surface area contributed by atoms with Gasteiger partial charge < -0.3 is 5.32 Å². The fourth-order valence-corrected chi connectivity index (χ4v) is 2.20. The second-order valence-corrected chi connectivity index (χ2v) is 4.59. The molecule has 0 aliphatic heterocycles. The normalized spacial score (nSPS) is 17.2. The first-order chi connectivity index (χ1) is 7.86. The van der Waals surface area contributed by atoms with Crippen molar-refractivity contribution in [3.8, 4) is 11.8 Å². The highest BCUT2D eigenvalue weighted by atomic mass is 14.9. The van der Waals surface area contributed by atoms with Crippen LogP contribution in [0.5, 0.6) is 0 Å². The van der Waals surface area contributed by atoms with Crippen LogP contribution < -0.4 is 5.32 Å². The molecule has 0 heterocycles. The Bertz CT molecular complexity index is 267. The third kappa shape index (κ3) is 5.37. The van der Waals surface area contributed by atoms with E-state index in [1.54, 1.807) is 5.57 Å². The van der Waals surface area contributed by atoms with E-state index in [0.29, 0.717) is 6.04 Å². The maximum absolute atomic E-state index is 3.61. The third-order valence-corrected chi connectivity index (χ3v) is 3.10. The molecule has 0 aromatic carbocycles. The molecule has 0 radical (unpaired) electrons. The first-order valence-electron chi connectivity index (χ1n) is 6.67. The molecule has 16 heavy (non-hydrogen) atoms. The lowest BCUT2D eigenvalue weighted by atomic mass is 9.93. The maximum Gasteiger partial charge on any atom is 0.0246 e. The molecule has 1 N–H and O–H groups in total. The van der Waals surface area contributed by atoms with E-state index in [4.69, 9.17) is 0 Å². The van der Waals surface area contributed by atoms with Gasteiger partial charge in [-0.1, -0.05) is 18.6 Å². The molecule has 0 aromatic rings. The summed E-state index contributed by atoms with van der Waals surface area (Å²) in [4.78, 5) is 0. The van der Waals surface area contributed by atoms with Crippen molar-refractivity contribution in [2.45, 2.75) is 64.8 Å². The summed E-state index contributed by atoms with van der Waals surface area (Å²) in [5.74, 6) is 6.21. The molecule has 1 nitrogen and oxygen atoms in total. The molecular weight excluding hydrogens is 194 g/mol. The van der Waals surface area contributed by atoms with Crippen LogP contribution in [-0.4, -0.2) is 12.6 Å². The van der Waals surface area contributed by atoms with Gasteiger partial charge >= 0.3 is 0 Å². The molecule has 1 aliphatic rings. The molecule has 1 rings (SSSR count). The zero-order valence-electron chi connectivity index (χ0n) is 10.8. The van der Waals surface area contributed by atoms with E-state index in [1.807, 2.05) is 6.92 Å². The molecule has 1 aliphatic carbocycles. The molecule has 0 aromatic heterocycles. The largest absolute Gasteiger partial charge is 0.313 e. The summed E-state index contributed by atoms with van der Waals surface area (Å²) in [6, 6.07) is 0.566. The van der Waals surface area contributed by atoms with Crippen LogP contribution in [0.4, 0.5) is 0 Å². The Balaban J connectivity index is 2.39. The minimum Gasteiger partial charge on any atom is -0.313 e. The molecule has 1 unspecified atom stereocenters. The van der Waals surface area contributed by atoms with Crippen LogP contribution in [0.15, 0.2) is 11.6 Å². The number of nitrogens with one attached hydrogen (secondary N) is 1. The summed E-state index contributed by atoms with van der Waals surface area (Å²) < 4.78 is 0. The molecule has 0 spiro atoms. The molecule has 90 valence electrons. The predicted octanol–water partition coefficient (Wildman–Crippen LogP) is 3.66. The molecule has 0 fully saturated rings. The van der Waals surface area contributed by atoms with Crippen LogP contribution in [0.2, 0.25) is 0 Å². The maximum atomic E-state index is 3.61. The summed E-state index contributed by atoms with van der Waals surface area (Å²) in [5, 5.41) is 3.61. The summed E-state index contributed by atoms with van der Waals surface area (Å²) in [6.07, 6.45) is 11.2. The van der Waals surface area contributed by atoms with E-state index in [1.165, 1.54) is 38.5 Å². The van der Waals surface area contributed by atoms with Gasteiger partial charge in [0.05, 0.1) is 0 Å². The molecule has 1 atom stereocenters. The highest BCUT2D eigenvalue weighted by molar-refractivity contribution is 5.09. The zero-order valence-corrected chi connectivity index (χ0v) is 10.8. The topological polar surface area (TPSA) is 12.0 Å². The Morgan fingerprint density at radius 1 is 1.44 bits per heavy atom. The quantitative estimate of drug-likeness (QED) is 0.531. The number of allylic oxidation sites excluding steroid dienone is 1. The molecule has 1 heteroatoms. The Labute approximate surface area is 101 Å². The summed E-state index contributed by atoms with van der Waals surface area (Å²) in [5.41, 5.74) is 1.65. The first-order valence-corrected chi connectivity index (χ1v) is 6.67. The number of hydrogen-bond donors (Lipinski definition) is 1. The van der Waals surface area contributed by atoms with Gasteiger partial charge in [-0.2, -0.15) is 0 Å². The second-order valence-electron chi connectivity index (χ2n) is 4.59. The standard InChI is InChI=1S/C15H25N/c1-3-5-11-15(16-12-4-2)13-14-9-7-6-8-10-14/h9,15-16H,4,6-8,10-13H2,1-2H3. The monoisotopic (exact) mass is 219 g/mol. The lowest BCUT2D eigenvalue weighted by Gasteiger charge is -2.20. The molecular formula is C15H25N. The van der Waals surface area contributed by atoms with Crippen LogP contribution in [0.1, 0.15) is 58.8 Å². The minimum atomic E-state index is 0.566. The fraction of sp³-hybridized carbons (Fsp3) is 0.733. The molecule has 0 saturated heterocycles. The van der Waals surface area contributed by atoms with Crippen molar-refractivity contribution < 1.29 is 0 Å². The van der Waals surface area contributed by atoms with Crippen LogP contribution in [0, 0.1) is 11.8 Å². The number of rotatable bonds is 6. The van der Waals surface area contributed by atoms with Gasteiger partial charge in [-0.3, -0.25) is 0 Å². The van der Waals surface area contributed by atoms with Gasteiger partial charge in [0, 0.05) is 12.5 Å². The van der Waals surface area contributed by atoms with E-state index >= 15 is 0 Å². The minimum absolute atomic E-state index is 0.566. The summed E-state index contributed by atoms with van der Waals surface area (Å²) >= 11 is 0. The van der Waals surface area contributed by atoms with E-state index in [-0.39, 0.29) is 0 Å². The van der Waals surface area contributed by atoms with Crippen molar-refractivity contribution in [3.05, 3.63) is 11.6 Å². The Morgan fingerprint density at radius 3 is 2.94 bits per heavy atom. The van der Waals surface area contributed by atoms with Gasteiger partial charge in [0.1, 0.15) is 0 Å². The predicted molar refractivity (Wildman–Crippen MR) is 71.3 cm³/mol. The van der Waals surface area contributed by atoms with Crippen molar-refractivity contribution in [3.63, 3.8) is 0 Å². The highest BCUT2D eigenvalue weighted by Gasteiger charge is 2.11. The lowest BCUT2D eigenvalue weighted by molar-refractivity contribution is 0.501. The van der Waals surface area contributed by atoms with Gasteiger partial charge in [-0.25, -0.2) is 0 Å². The van der Waals surface area contributed by atoms with Crippen LogP contribution in [-0.2, 0) is 0 Å². The SMILES string of the molecule is CC#CCC(CC1=CCCCC1)NCCC. The van der Waals surface area contributed by atoms with Crippen molar-refractivity contribution in [2.24, 2.45) is 0 Å². The van der Waals surface area contributed by atoms with E-state index in [2.05, 4.69) is 30.2 Å². The lowest BCUT2D eigenvalue weighted by Crippen LogP contribution is -2.30.